The lowest BCUT2D eigenvalue weighted by Gasteiger charge is -1.91. The lowest BCUT2D eigenvalue weighted by molar-refractivity contribution is -0.385. The van der Waals surface area contributed by atoms with Crippen molar-refractivity contribution >= 4 is 23.9 Å². The van der Waals surface area contributed by atoms with Crippen LogP contribution in [0.3, 0.4) is 0 Å². The van der Waals surface area contributed by atoms with E-state index in [1.165, 1.54) is 18.2 Å². The van der Waals surface area contributed by atoms with Gasteiger partial charge in [0, 0.05) is 19.9 Å². The van der Waals surface area contributed by atoms with E-state index in [1.807, 2.05) is 0 Å². The lowest BCUT2D eigenvalue weighted by Crippen LogP contribution is -1.92. The van der Waals surface area contributed by atoms with E-state index < -0.39 is 16.9 Å². The fraction of sp³-hybridized carbons (Fsp3) is 0.182. The molecule has 104 valence electrons. The van der Waals surface area contributed by atoms with Crippen molar-refractivity contribution in [3.8, 4) is 0 Å². The molecule has 0 bridgehead atoms. The van der Waals surface area contributed by atoms with E-state index in [2.05, 4.69) is 0 Å². The zero-order valence-electron chi connectivity index (χ0n) is 10.3. The Kier molecular flexibility index (Phi) is 10.2. The molecule has 0 saturated heterocycles. The number of rotatable bonds is 2. The minimum absolute atomic E-state index is 0.109. The molecule has 0 amide bonds. The average Bonchev–Trinajstić information content (AvgIpc) is 2.27. The Morgan fingerprint density at radius 1 is 1.16 bits per heavy atom. The van der Waals surface area contributed by atoms with Crippen LogP contribution in [0.5, 0.6) is 0 Å². The van der Waals surface area contributed by atoms with E-state index in [9.17, 15) is 14.9 Å². The molecule has 1 aromatic rings. The Labute approximate surface area is 108 Å². The molecule has 0 heterocycles. The molecule has 0 aliphatic rings. The number of carbonyl (C=O) groups excluding carboxylic acids is 1. The van der Waals surface area contributed by atoms with E-state index in [-0.39, 0.29) is 11.3 Å². The van der Waals surface area contributed by atoms with Crippen molar-refractivity contribution in [2.45, 2.75) is 13.8 Å². The van der Waals surface area contributed by atoms with Gasteiger partial charge in [-0.05, 0) is 6.07 Å². The van der Waals surface area contributed by atoms with Crippen LogP contribution in [0.15, 0.2) is 24.3 Å². The van der Waals surface area contributed by atoms with Crippen LogP contribution in [0, 0.1) is 10.1 Å². The van der Waals surface area contributed by atoms with Gasteiger partial charge in [0.05, 0.1) is 10.5 Å². The van der Waals surface area contributed by atoms with E-state index in [0.717, 1.165) is 13.8 Å². The molecule has 2 N–H and O–H groups in total. The number of nitro benzene ring substituents is 1. The third-order valence-corrected chi connectivity index (χ3v) is 1.26. The summed E-state index contributed by atoms with van der Waals surface area (Å²) in [5.41, 5.74) is -0.0417. The predicted molar refractivity (Wildman–Crippen MR) is 65.1 cm³/mol. The Balaban J connectivity index is 0. The quantitative estimate of drug-likeness (QED) is 0.473. The first-order valence-electron chi connectivity index (χ1n) is 4.80. The summed E-state index contributed by atoms with van der Waals surface area (Å²) in [6.45, 7) is 2.17. The number of nitrogens with zero attached hydrogens (tertiary/aromatic N) is 1. The molecule has 1 aromatic carbocycles. The number of carboxylic acid groups (broad SMARTS) is 2. The Morgan fingerprint density at radius 3 is 1.79 bits per heavy atom. The highest BCUT2D eigenvalue weighted by Gasteiger charge is 2.09. The smallest absolute Gasteiger partial charge is 0.300 e. The molecule has 0 unspecified atom stereocenters. The van der Waals surface area contributed by atoms with Crippen LogP contribution in [-0.2, 0) is 9.59 Å². The summed E-state index contributed by atoms with van der Waals surface area (Å²) in [5.74, 6) is -1.67. The molecule has 19 heavy (non-hydrogen) atoms. The standard InChI is InChI=1S/C7H5NO3.2C2H4O2/c9-5-6-3-1-2-4-7(6)8(10)11;2*1-2(3)4/h1-5H;2*1H3,(H,3,4). The number of benzene rings is 1. The lowest BCUT2D eigenvalue weighted by atomic mass is 10.2. The van der Waals surface area contributed by atoms with Crippen molar-refractivity contribution in [2.75, 3.05) is 0 Å². The minimum atomic E-state index is -0.833. The SMILES string of the molecule is CC(=O)O.CC(=O)O.O=Cc1ccccc1[N+](=O)[O-]. The predicted octanol–water partition coefficient (Wildman–Crippen LogP) is 1.59. The van der Waals surface area contributed by atoms with Crippen LogP contribution >= 0.6 is 0 Å². The highest BCUT2D eigenvalue weighted by molar-refractivity contribution is 5.81. The van der Waals surface area contributed by atoms with Gasteiger partial charge in [0.1, 0.15) is 0 Å². The maximum absolute atomic E-state index is 10.2. The van der Waals surface area contributed by atoms with Crippen molar-refractivity contribution in [1.29, 1.82) is 0 Å². The molecular weight excluding hydrogens is 258 g/mol. The highest BCUT2D eigenvalue weighted by Crippen LogP contribution is 2.14. The first-order valence-corrected chi connectivity index (χ1v) is 4.80. The molecule has 0 fully saturated rings. The fourth-order valence-electron chi connectivity index (χ4n) is 0.753. The summed E-state index contributed by atoms with van der Waals surface area (Å²) >= 11 is 0. The number of carboxylic acids is 2. The molecule has 0 aliphatic heterocycles. The normalized spacial score (nSPS) is 7.89. The Bertz CT molecular complexity index is 436. The molecule has 8 nitrogen and oxygen atoms in total. The Hall–Kier alpha value is -2.77. The van der Waals surface area contributed by atoms with Crippen molar-refractivity contribution in [2.24, 2.45) is 0 Å². The van der Waals surface area contributed by atoms with Crippen LogP contribution in [-0.4, -0.2) is 33.4 Å². The number of para-hydroxylation sites is 1. The molecule has 0 atom stereocenters. The van der Waals surface area contributed by atoms with Crippen LogP contribution in [0.4, 0.5) is 5.69 Å². The first kappa shape index (κ1) is 18.6. The maximum Gasteiger partial charge on any atom is 0.300 e. The highest BCUT2D eigenvalue weighted by atomic mass is 16.6. The van der Waals surface area contributed by atoms with Crippen LogP contribution in [0.25, 0.3) is 0 Å². The second-order valence-electron chi connectivity index (χ2n) is 2.97. The molecule has 0 radical (unpaired) electrons. The second kappa shape index (κ2) is 10.4. The number of aliphatic carboxylic acids is 2. The van der Waals surface area contributed by atoms with Gasteiger partial charge in [-0.1, -0.05) is 12.1 Å². The number of carbonyl (C=O) groups is 3. The van der Waals surface area contributed by atoms with Gasteiger partial charge in [0.15, 0.2) is 6.29 Å². The van der Waals surface area contributed by atoms with Gasteiger partial charge >= 0.3 is 0 Å². The zero-order chi connectivity index (χ0) is 15.4. The molecule has 1 rings (SSSR count). The van der Waals surface area contributed by atoms with Crippen LogP contribution in [0.2, 0.25) is 0 Å². The van der Waals surface area contributed by atoms with Gasteiger partial charge in [-0.2, -0.15) is 0 Å². The molecule has 0 aliphatic carbocycles. The van der Waals surface area contributed by atoms with Gasteiger partial charge in [0.25, 0.3) is 17.6 Å². The number of aldehydes is 1. The van der Waals surface area contributed by atoms with Crippen molar-refractivity contribution in [3.63, 3.8) is 0 Å². The monoisotopic (exact) mass is 271 g/mol. The number of hydrogen-bond acceptors (Lipinski definition) is 5. The number of nitro groups is 1. The Morgan fingerprint density at radius 2 is 1.53 bits per heavy atom. The molecule has 0 saturated carbocycles. The van der Waals surface area contributed by atoms with Gasteiger partial charge < -0.3 is 10.2 Å². The summed E-state index contributed by atoms with van der Waals surface area (Å²) < 4.78 is 0. The zero-order valence-corrected chi connectivity index (χ0v) is 10.3. The van der Waals surface area contributed by atoms with Crippen molar-refractivity contribution < 1.29 is 29.5 Å². The van der Waals surface area contributed by atoms with Crippen molar-refractivity contribution in [3.05, 3.63) is 39.9 Å². The van der Waals surface area contributed by atoms with E-state index in [1.54, 1.807) is 6.07 Å². The van der Waals surface area contributed by atoms with Gasteiger partial charge in [-0.15, -0.1) is 0 Å². The van der Waals surface area contributed by atoms with E-state index in [0.29, 0.717) is 6.29 Å². The van der Waals surface area contributed by atoms with Gasteiger partial charge in [-0.25, -0.2) is 0 Å². The summed E-state index contributed by atoms with van der Waals surface area (Å²) in [6.07, 6.45) is 0.470. The van der Waals surface area contributed by atoms with Gasteiger partial charge in [-0.3, -0.25) is 24.5 Å². The third kappa shape index (κ3) is 13.2. The summed E-state index contributed by atoms with van der Waals surface area (Å²) in [6, 6.07) is 5.80. The molecule has 8 heteroatoms. The minimum Gasteiger partial charge on any atom is -0.481 e. The topological polar surface area (TPSA) is 135 Å². The molecular formula is C11H13NO7. The van der Waals surface area contributed by atoms with E-state index >= 15 is 0 Å². The molecule has 0 spiro atoms. The average molecular weight is 271 g/mol. The first-order chi connectivity index (χ1) is 8.72. The summed E-state index contributed by atoms with van der Waals surface area (Å²) in [5, 5.41) is 25.1. The summed E-state index contributed by atoms with van der Waals surface area (Å²) in [4.78, 5) is 37.9. The van der Waals surface area contributed by atoms with Crippen molar-refractivity contribution in [1.82, 2.24) is 0 Å². The summed E-state index contributed by atoms with van der Waals surface area (Å²) in [7, 11) is 0. The number of hydrogen-bond donors (Lipinski definition) is 2. The van der Waals surface area contributed by atoms with E-state index in [4.69, 9.17) is 19.8 Å². The maximum atomic E-state index is 10.2. The van der Waals surface area contributed by atoms with Gasteiger partial charge in [0.2, 0.25) is 0 Å². The second-order valence-corrected chi connectivity index (χ2v) is 2.97. The third-order valence-electron chi connectivity index (χ3n) is 1.26. The van der Waals surface area contributed by atoms with Crippen LogP contribution in [0.1, 0.15) is 24.2 Å². The largest absolute Gasteiger partial charge is 0.481 e. The fourth-order valence-corrected chi connectivity index (χ4v) is 0.753. The van der Waals surface area contributed by atoms with Crippen LogP contribution < -0.4 is 0 Å². The molecule has 0 aromatic heterocycles.